The van der Waals surface area contributed by atoms with Crippen molar-refractivity contribution in [2.24, 2.45) is 5.73 Å². The molecular weight excluding hydrogens is 240 g/mol. The summed E-state index contributed by atoms with van der Waals surface area (Å²) in [6.07, 6.45) is 1.83. The molecule has 2 heterocycles. The van der Waals surface area contributed by atoms with Crippen LogP contribution in [0.1, 0.15) is 22.2 Å². The number of thiophene rings is 1. The van der Waals surface area contributed by atoms with Gasteiger partial charge in [0.1, 0.15) is 0 Å². The molecule has 0 spiro atoms. The van der Waals surface area contributed by atoms with Crippen LogP contribution >= 0.6 is 11.3 Å². The van der Waals surface area contributed by atoms with Gasteiger partial charge in [-0.05, 0) is 35.4 Å². The molecule has 0 radical (unpaired) electrons. The predicted octanol–water partition coefficient (Wildman–Crippen LogP) is 3.65. The molecular formula is C15H14N2S. The summed E-state index contributed by atoms with van der Waals surface area (Å²) in [5.74, 6) is 0. The van der Waals surface area contributed by atoms with Gasteiger partial charge in [0.25, 0.3) is 0 Å². The lowest BCUT2D eigenvalue weighted by molar-refractivity contribution is 0.838. The standard InChI is InChI=1S/C15H14N2S/c1-10-12(7-9-18-10)14(16)15-13-5-3-2-4-11(13)6-8-17-15/h2-9,14H,16H2,1H3. The molecule has 2 N–H and O–H groups in total. The Kier molecular flexibility index (Phi) is 2.86. The fourth-order valence-electron chi connectivity index (χ4n) is 2.26. The van der Waals surface area contributed by atoms with E-state index in [0.29, 0.717) is 0 Å². The van der Waals surface area contributed by atoms with Gasteiger partial charge >= 0.3 is 0 Å². The maximum absolute atomic E-state index is 6.37. The van der Waals surface area contributed by atoms with Crippen molar-refractivity contribution in [3.8, 4) is 0 Å². The maximum Gasteiger partial charge on any atom is 0.0743 e. The van der Waals surface area contributed by atoms with Crippen LogP contribution in [-0.4, -0.2) is 4.98 Å². The number of aryl methyl sites for hydroxylation is 1. The van der Waals surface area contributed by atoms with E-state index < -0.39 is 0 Å². The predicted molar refractivity (Wildman–Crippen MR) is 76.8 cm³/mol. The highest BCUT2D eigenvalue weighted by Gasteiger charge is 2.15. The molecule has 3 rings (SSSR count). The summed E-state index contributed by atoms with van der Waals surface area (Å²) in [7, 11) is 0. The average Bonchev–Trinajstić information content (AvgIpc) is 2.83. The molecule has 0 aliphatic rings. The van der Waals surface area contributed by atoms with Gasteiger partial charge in [0, 0.05) is 16.5 Å². The number of benzene rings is 1. The molecule has 18 heavy (non-hydrogen) atoms. The van der Waals surface area contributed by atoms with Crippen molar-refractivity contribution < 1.29 is 0 Å². The number of nitrogens with zero attached hydrogens (tertiary/aromatic N) is 1. The molecule has 3 aromatic rings. The van der Waals surface area contributed by atoms with Crippen molar-refractivity contribution >= 4 is 22.1 Å². The molecule has 1 aromatic carbocycles. The lowest BCUT2D eigenvalue weighted by atomic mass is 10.0. The van der Waals surface area contributed by atoms with Crippen LogP contribution in [0, 0.1) is 6.92 Å². The summed E-state index contributed by atoms with van der Waals surface area (Å²) in [6, 6.07) is 12.2. The van der Waals surface area contributed by atoms with Gasteiger partial charge in [-0.1, -0.05) is 24.3 Å². The highest BCUT2D eigenvalue weighted by Crippen LogP contribution is 2.29. The molecule has 3 heteroatoms. The van der Waals surface area contributed by atoms with Crippen LogP contribution in [0.3, 0.4) is 0 Å². The Morgan fingerprint density at radius 1 is 1.17 bits per heavy atom. The van der Waals surface area contributed by atoms with Crippen molar-refractivity contribution in [2.45, 2.75) is 13.0 Å². The molecule has 90 valence electrons. The first-order valence-electron chi connectivity index (χ1n) is 5.90. The number of fused-ring (bicyclic) bond motifs is 1. The van der Waals surface area contributed by atoms with E-state index in [1.807, 2.05) is 24.4 Å². The Bertz CT molecular complexity index is 682. The first-order chi connectivity index (χ1) is 8.77. The molecule has 0 saturated heterocycles. The zero-order valence-electron chi connectivity index (χ0n) is 10.1. The molecule has 0 saturated carbocycles. The number of hydrogen-bond donors (Lipinski definition) is 1. The summed E-state index contributed by atoms with van der Waals surface area (Å²) >= 11 is 1.73. The van der Waals surface area contributed by atoms with Gasteiger partial charge in [-0.2, -0.15) is 0 Å². The van der Waals surface area contributed by atoms with E-state index in [9.17, 15) is 0 Å². The lowest BCUT2D eigenvalue weighted by Crippen LogP contribution is -2.14. The second-order valence-electron chi connectivity index (χ2n) is 4.33. The van der Waals surface area contributed by atoms with Gasteiger partial charge in [-0.3, -0.25) is 4.98 Å². The van der Waals surface area contributed by atoms with Gasteiger partial charge in [0.05, 0.1) is 11.7 Å². The highest BCUT2D eigenvalue weighted by atomic mass is 32.1. The lowest BCUT2D eigenvalue weighted by Gasteiger charge is -2.13. The van der Waals surface area contributed by atoms with Crippen LogP contribution in [0.2, 0.25) is 0 Å². The summed E-state index contributed by atoms with van der Waals surface area (Å²) in [5, 5.41) is 4.40. The summed E-state index contributed by atoms with van der Waals surface area (Å²) in [5.41, 5.74) is 8.50. The van der Waals surface area contributed by atoms with Crippen LogP contribution in [0.5, 0.6) is 0 Å². The van der Waals surface area contributed by atoms with E-state index >= 15 is 0 Å². The van der Waals surface area contributed by atoms with Crippen molar-refractivity contribution in [1.29, 1.82) is 0 Å². The van der Waals surface area contributed by atoms with Gasteiger partial charge in [-0.25, -0.2) is 0 Å². The number of pyridine rings is 1. The Morgan fingerprint density at radius 3 is 2.78 bits per heavy atom. The third-order valence-corrected chi connectivity index (χ3v) is 4.09. The third-order valence-electron chi connectivity index (χ3n) is 3.23. The smallest absolute Gasteiger partial charge is 0.0743 e. The van der Waals surface area contributed by atoms with E-state index in [1.165, 1.54) is 15.8 Å². The van der Waals surface area contributed by atoms with Crippen molar-refractivity contribution in [3.05, 3.63) is 64.1 Å². The fraction of sp³-hybridized carbons (Fsp3) is 0.133. The van der Waals surface area contributed by atoms with E-state index in [0.717, 1.165) is 11.1 Å². The van der Waals surface area contributed by atoms with Crippen LogP contribution in [0.4, 0.5) is 0 Å². The topological polar surface area (TPSA) is 38.9 Å². The first kappa shape index (κ1) is 11.4. The monoisotopic (exact) mass is 254 g/mol. The third kappa shape index (κ3) is 1.82. The van der Waals surface area contributed by atoms with Gasteiger partial charge in [0.2, 0.25) is 0 Å². The number of hydrogen-bond acceptors (Lipinski definition) is 3. The maximum atomic E-state index is 6.37. The molecule has 0 bridgehead atoms. The van der Waals surface area contributed by atoms with Gasteiger partial charge in [-0.15, -0.1) is 11.3 Å². The highest BCUT2D eigenvalue weighted by molar-refractivity contribution is 7.10. The largest absolute Gasteiger partial charge is 0.319 e. The summed E-state index contributed by atoms with van der Waals surface area (Å²) < 4.78 is 0. The Balaban J connectivity index is 2.18. The van der Waals surface area contributed by atoms with Gasteiger partial charge in [0.15, 0.2) is 0 Å². The normalized spacial score (nSPS) is 12.8. The molecule has 0 fully saturated rings. The quantitative estimate of drug-likeness (QED) is 0.758. The van der Waals surface area contributed by atoms with Crippen LogP contribution in [-0.2, 0) is 0 Å². The van der Waals surface area contributed by atoms with E-state index in [4.69, 9.17) is 5.73 Å². The van der Waals surface area contributed by atoms with Crippen LogP contribution < -0.4 is 5.73 Å². The Morgan fingerprint density at radius 2 is 2.00 bits per heavy atom. The minimum atomic E-state index is -0.151. The summed E-state index contributed by atoms with van der Waals surface area (Å²) in [4.78, 5) is 5.74. The summed E-state index contributed by atoms with van der Waals surface area (Å²) in [6.45, 7) is 2.10. The van der Waals surface area contributed by atoms with E-state index in [-0.39, 0.29) is 6.04 Å². The molecule has 2 aromatic heterocycles. The molecule has 0 aliphatic heterocycles. The molecule has 1 unspecified atom stereocenters. The average molecular weight is 254 g/mol. The second kappa shape index (κ2) is 4.52. The van der Waals surface area contributed by atoms with Crippen molar-refractivity contribution in [3.63, 3.8) is 0 Å². The van der Waals surface area contributed by atoms with E-state index in [2.05, 4.69) is 35.5 Å². The fourth-order valence-corrected chi connectivity index (χ4v) is 3.01. The molecule has 2 nitrogen and oxygen atoms in total. The first-order valence-corrected chi connectivity index (χ1v) is 6.78. The minimum Gasteiger partial charge on any atom is -0.319 e. The zero-order chi connectivity index (χ0) is 12.5. The number of rotatable bonds is 2. The van der Waals surface area contributed by atoms with Crippen LogP contribution in [0.25, 0.3) is 10.8 Å². The SMILES string of the molecule is Cc1sccc1C(N)c1nccc2ccccc12. The molecule has 0 amide bonds. The van der Waals surface area contributed by atoms with Crippen LogP contribution in [0.15, 0.2) is 48.0 Å². The molecule has 0 aliphatic carbocycles. The van der Waals surface area contributed by atoms with E-state index in [1.54, 1.807) is 11.3 Å². The van der Waals surface area contributed by atoms with Gasteiger partial charge < -0.3 is 5.73 Å². The second-order valence-corrected chi connectivity index (χ2v) is 5.45. The van der Waals surface area contributed by atoms with Crippen molar-refractivity contribution in [2.75, 3.05) is 0 Å². The molecule has 1 atom stereocenters. The number of nitrogens with two attached hydrogens (primary N) is 1. The Labute approximate surface area is 110 Å². The minimum absolute atomic E-state index is 0.151. The number of aromatic nitrogens is 1. The van der Waals surface area contributed by atoms with Crippen molar-refractivity contribution in [1.82, 2.24) is 4.98 Å². The Hall–Kier alpha value is -1.71. The zero-order valence-corrected chi connectivity index (χ0v) is 10.9.